The molecule has 1 atom stereocenters. The second-order valence-electron chi connectivity index (χ2n) is 9.57. The van der Waals surface area contributed by atoms with Crippen LogP contribution in [0.3, 0.4) is 0 Å². The number of methoxy groups -OCH3 is 1. The highest BCUT2D eigenvalue weighted by Crippen LogP contribution is 2.27. The third-order valence-electron chi connectivity index (χ3n) is 7.04. The van der Waals surface area contributed by atoms with Crippen LogP contribution in [0.15, 0.2) is 42.6 Å². The lowest BCUT2D eigenvalue weighted by molar-refractivity contribution is -0.132. The summed E-state index contributed by atoms with van der Waals surface area (Å²) < 4.78 is 5.32. The molecule has 0 saturated carbocycles. The van der Waals surface area contributed by atoms with Crippen LogP contribution in [0.5, 0.6) is 5.75 Å². The van der Waals surface area contributed by atoms with E-state index >= 15 is 0 Å². The van der Waals surface area contributed by atoms with Crippen LogP contribution >= 0.6 is 0 Å². The number of aromatic nitrogens is 1. The van der Waals surface area contributed by atoms with Crippen molar-refractivity contribution in [2.45, 2.75) is 51.4 Å². The fraction of sp³-hybridized carbons (Fsp3) is 0.556. The highest BCUT2D eigenvalue weighted by molar-refractivity contribution is 5.76. The van der Waals surface area contributed by atoms with Crippen LogP contribution in [0.4, 0.5) is 0 Å². The number of ether oxygens (including phenoxy) is 1. The standard InChI is InChI=1S/C27H37N3O2/c1-21-5-4-13-29(20-21)14-12-27(31)30-15-10-24(11-16-30)26-9-8-23(19-28-26)17-22-6-3-7-25(18-22)32-2/h3,6-9,18-19,21,24H,4-5,10-17,20H2,1-2H3. The average molecular weight is 436 g/mol. The molecule has 2 aliphatic rings. The number of pyridine rings is 1. The number of carbonyl (C=O) groups is 1. The van der Waals surface area contributed by atoms with Crippen LogP contribution < -0.4 is 4.74 Å². The van der Waals surface area contributed by atoms with Crippen molar-refractivity contribution in [2.24, 2.45) is 5.92 Å². The Morgan fingerprint density at radius 3 is 2.66 bits per heavy atom. The van der Waals surface area contributed by atoms with E-state index in [0.29, 0.717) is 18.2 Å². The molecule has 5 nitrogen and oxygen atoms in total. The van der Waals surface area contributed by atoms with E-state index in [0.717, 1.165) is 69.3 Å². The maximum Gasteiger partial charge on any atom is 0.223 e. The van der Waals surface area contributed by atoms with Gasteiger partial charge in [0, 0.05) is 50.4 Å². The van der Waals surface area contributed by atoms with E-state index in [2.05, 4.69) is 41.0 Å². The van der Waals surface area contributed by atoms with Gasteiger partial charge in [0.25, 0.3) is 0 Å². The van der Waals surface area contributed by atoms with Gasteiger partial charge in [-0.2, -0.15) is 0 Å². The number of nitrogens with zero attached hydrogens (tertiary/aromatic N) is 3. The lowest BCUT2D eigenvalue weighted by Crippen LogP contribution is -2.41. The van der Waals surface area contributed by atoms with Crippen molar-refractivity contribution >= 4 is 5.91 Å². The normalized spacial score (nSPS) is 20.3. The lowest BCUT2D eigenvalue weighted by Gasteiger charge is -2.34. The van der Waals surface area contributed by atoms with Gasteiger partial charge >= 0.3 is 0 Å². The molecule has 2 fully saturated rings. The molecule has 4 rings (SSSR count). The molecule has 2 aliphatic heterocycles. The maximum absolute atomic E-state index is 12.7. The van der Waals surface area contributed by atoms with Crippen molar-refractivity contribution in [3.8, 4) is 5.75 Å². The van der Waals surface area contributed by atoms with Crippen molar-refractivity contribution in [3.05, 3.63) is 59.4 Å². The molecule has 1 aromatic carbocycles. The first-order valence-corrected chi connectivity index (χ1v) is 12.2. The summed E-state index contributed by atoms with van der Waals surface area (Å²) >= 11 is 0. The Hall–Kier alpha value is -2.40. The van der Waals surface area contributed by atoms with Gasteiger partial charge in [-0.1, -0.05) is 25.1 Å². The number of rotatable bonds is 7. The Kier molecular flexibility index (Phi) is 7.80. The van der Waals surface area contributed by atoms with Crippen molar-refractivity contribution < 1.29 is 9.53 Å². The summed E-state index contributed by atoms with van der Waals surface area (Å²) in [5.41, 5.74) is 3.60. The molecule has 0 spiro atoms. The Morgan fingerprint density at radius 2 is 1.94 bits per heavy atom. The molecule has 5 heteroatoms. The molecule has 2 saturated heterocycles. The smallest absolute Gasteiger partial charge is 0.223 e. The van der Waals surface area contributed by atoms with E-state index in [-0.39, 0.29) is 0 Å². The minimum atomic E-state index is 0.322. The summed E-state index contributed by atoms with van der Waals surface area (Å²) in [5, 5.41) is 0. The number of piperidine rings is 2. The van der Waals surface area contributed by atoms with Crippen molar-refractivity contribution in [3.63, 3.8) is 0 Å². The second-order valence-corrected chi connectivity index (χ2v) is 9.57. The minimum absolute atomic E-state index is 0.322. The quantitative estimate of drug-likeness (QED) is 0.642. The van der Waals surface area contributed by atoms with E-state index in [1.807, 2.05) is 18.3 Å². The molecule has 3 heterocycles. The predicted molar refractivity (Wildman–Crippen MR) is 128 cm³/mol. The molecule has 1 amide bonds. The van der Waals surface area contributed by atoms with Crippen molar-refractivity contribution in [2.75, 3.05) is 39.8 Å². The summed E-state index contributed by atoms with van der Waals surface area (Å²) in [6.45, 7) is 7.24. The molecule has 1 aromatic heterocycles. The molecule has 2 aromatic rings. The topological polar surface area (TPSA) is 45.7 Å². The van der Waals surface area contributed by atoms with Gasteiger partial charge in [0.1, 0.15) is 5.75 Å². The average Bonchev–Trinajstić information content (AvgIpc) is 2.83. The summed E-state index contributed by atoms with van der Waals surface area (Å²) in [5.74, 6) is 2.43. The Bertz CT molecular complexity index is 875. The summed E-state index contributed by atoms with van der Waals surface area (Å²) in [6, 6.07) is 12.6. The van der Waals surface area contributed by atoms with Crippen LogP contribution in [0.1, 0.15) is 61.8 Å². The minimum Gasteiger partial charge on any atom is -0.497 e. The number of carbonyl (C=O) groups excluding carboxylic acids is 1. The third-order valence-corrected chi connectivity index (χ3v) is 7.04. The Morgan fingerprint density at radius 1 is 1.09 bits per heavy atom. The molecule has 0 radical (unpaired) electrons. The largest absolute Gasteiger partial charge is 0.497 e. The van der Waals surface area contributed by atoms with Gasteiger partial charge in [-0.15, -0.1) is 0 Å². The molecule has 0 N–H and O–H groups in total. The van der Waals surface area contributed by atoms with E-state index in [4.69, 9.17) is 9.72 Å². The van der Waals surface area contributed by atoms with Gasteiger partial charge in [-0.3, -0.25) is 9.78 Å². The van der Waals surface area contributed by atoms with Crippen LogP contribution in [0, 0.1) is 5.92 Å². The SMILES string of the molecule is COc1cccc(Cc2ccc(C3CCN(C(=O)CCN4CCCC(C)C4)CC3)nc2)c1. The third kappa shape index (κ3) is 6.10. The first kappa shape index (κ1) is 22.8. The fourth-order valence-electron chi connectivity index (χ4n) is 5.13. The highest BCUT2D eigenvalue weighted by Gasteiger charge is 2.25. The van der Waals surface area contributed by atoms with E-state index in [1.165, 1.54) is 24.0 Å². The molecular weight excluding hydrogens is 398 g/mol. The monoisotopic (exact) mass is 435 g/mol. The molecule has 32 heavy (non-hydrogen) atoms. The van der Waals surface area contributed by atoms with E-state index in [9.17, 15) is 4.79 Å². The summed E-state index contributed by atoms with van der Waals surface area (Å²) in [7, 11) is 1.70. The maximum atomic E-state index is 12.7. The van der Waals surface area contributed by atoms with Gasteiger partial charge < -0.3 is 14.5 Å². The van der Waals surface area contributed by atoms with Crippen LogP contribution in [0.2, 0.25) is 0 Å². The van der Waals surface area contributed by atoms with Crippen LogP contribution in [-0.4, -0.2) is 60.5 Å². The Labute approximate surface area is 192 Å². The van der Waals surface area contributed by atoms with E-state index in [1.54, 1.807) is 7.11 Å². The number of hydrogen-bond donors (Lipinski definition) is 0. The zero-order valence-electron chi connectivity index (χ0n) is 19.6. The van der Waals surface area contributed by atoms with E-state index < -0.39 is 0 Å². The van der Waals surface area contributed by atoms with Crippen LogP contribution in [-0.2, 0) is 11.2 Å². The predicted octanol–water partition coefficient (Wildman–Crippen LogP) is 4.51. The highest BCUT2D eigenvalue weighted by atomic mass is 16.5. The molecular formula is C27H37N3O2. The van der Waals surface area contributed by atoms with Crippen molar-refractivity contribution in [1.82, 2.24) is 14.8 Å². The van der Waals surface area contributed by atoms with Gasteiger partial charge in [0.05, 0.1) is 7.11 Å². The second kappa shape index (κ2) is 11.0. The lowest BCUT2D eigenvalue weighted by atomic mass is 9.92. The molecule has 172 valence electrons. The van der Waals surface area contributed by atoms with Gasteiger partial charge in [-0.25, -0.2) is 0 Å². The number of likely N-dealkylation sites (tertiary alicyclic amines) is 2. The number of amides is 1. The molecule has 1 unspecified atom stereocenters. The molecule has 0 bridgehead atoms. The zero-order chi connectivity index (χ0) is 22.3. The first-order valence-electron chi connectivity index (χ1n) is 12.2. The fourth-order valence-corrected chi connectivity index (χ4v) is 5.13. The van der Waals surface area contributed by atoms with Gasteiger partial charge in [-0.05, 0) is 73.9 Å². The Balaban J connectivity index is 1.23. The van der Waals surface area contributed by atoms with Crippen LogP contribution in [0.25, 0.3) is 0 Å². The first-order chi connectivity index (χ1) is 15.6. The van der Waals surface area contributed by atoms with Gasteiger partial charge in [0.2, 0.25) is 5.91 Å². The number of hydrogen-bond acceptors (Lipinski definition) is 4. The summed E-state index contributed by atoms with van der Waals surface area (Å²) in [4.78, 5) is 22.0. The van der Waals surface area contributed by atoms with Gasteiger partial charge in [0.15, 0.2) is 0 Å². The molecule has 0 aliphatic carbocycles. The number of benzene rings is 1. The zero-order valence-corrected chi connectivity index (χ0v) is 19.6. The summed E-state index contributed by atoms with van der Waals surface area (Å²) in [6.07, 6.45) is 8.14. The van der Waals surface area contributed by atoms with Crippen molar-refractivity contribution in [1.29, 1.82) is 0 Å².